The molecule has 1 N–H and O–H groups in total. The van der Waals surface area contributed by atoms with Gasteiger partial charge in [-0.1, -0.05) is 0 Å². The molecule has 0 radical (unpaired) electrons. The molecule has 2 aromatic heterocycles. The molecule has 2 heterocycles. The van der Waals surface area contributed by atoms with Crippen LogP contribution in [0.4, 0.5) is 10.5 Å². The number of carbonyl (C=O) groups is 2. The number of hydrogen-bond acceptors (Lipinski definition) is 6. The van der Waals surface area contributed by atoms with Crippen molar-refractivity contribution in [3.05, 3.63) is 36.2 Å². The molecule has 1 amide bonds. The Morgan fingerprint density at radius 3 is 2.47 bits per heavy atom. The van der Waals surface area contributed by atoms with Crippen LogP contribution in [0.3, 0.4) is 0 Å². The highest BCUT2D eigenvalue weighted by Crippen LogP contribution is 2.40. The van der Waals surface area contributed by atoms with Gasteiger partial charge in [-0.25, -0.2) is 9.59 Å². The molecule has 1 unspecified atom stereocenters. The molecular weight excluding hydrogens is 442 g/mol. The van der Waals surface area contributed by atoms with Crippen LogP contribution in [0.5, 0.6) is 0 Å². The Labute approximate surface area is 198 Å². The summed E-state index contributed by atoms with van der Waals surface area (Å²) in [5, 5.41) is 2.96. The fraction of sp³-hybridized carbons (Fsp3) is 0.600. The van der Waals surface area contributed by atoms with Gasteiger partial charge in [0.25, 0.3) is 0 Å². The second kappa shape index (κ2) is 9.18. The number of fused-ring (bicyclic) bond motifs is 2. The average molecular weight is 476 g/mol. The van der Waals surface area contributed by atoms with Gasteiger partial charge in [0.1, 0.15) is 5.60 Å². The number of amides is 1. The number of rotatable bonds is 4. The maximum atomic E-state index is 12.9. The molecule has 174 valence electrons. The molecule has 0 spiro atoms. The first kappa shape index (κ1) is 23.3. The van der Waals surface area contributed by atoms with E-state index in [2.05, 4.69) is 5.32 Å². The Balaban J connectivity index is 1.38. The van der Waals surface area contributed by atoms with Crippen LogP contribution < -0.4 is 5.32 Å². The van der Waals surface area contributed by atoms with Crippen LogP contribution in [0.25, 0.3) is 0 Å². The number of thiophene rings is 2. The molecule has 2 aliphatic carbocycles. The van der Waals surface area contributed by atoms with Crippen molar-refractivity contribution in [2.75, 3.05) is 11.9 Å². The minimum atomic E-state index is -0.525. The lowest BCUT2D eigenvalue weighted by atomic mass is 9.88. The van der Waals surface area contributed by atoms with E-state index in [4.69, 9.17) is 9.47 Å². The van der Waals surface area contributed by atoms with Crippen molar-refractivity contribution < 1.29 is 19.1 Å². The smallest absolute Gasteiger partial charge is 0.412 e. The van der Waals surface area contributed by atoms with E-state index in [9.17, 15) is 9.59 Å². The van der Waals surface area contributed by atoms with E-state index in [1.165, 1.54) is 27.3 Å². The Morgan fingerprint density at radius 2 is 1.72 bits per heavy atom. The van der Waals surface area contributed by atoms with Crippen molar-refractivity contribution in [2.45, 2.75) is 85.2 Å². The zero-order valence-corrected chi connectivity index (χ0v) is 21.3. The quantitative estimate of drug-likeness (QED) is 0.505. The normalized spacial score (nSPS) is 18.0. The number of nitrogens with one attached hydrogen (secondary N) is 1. The minimum absolute atomic E-state index is 0.151. The summed E-state index contributed by atoms with van der Waals surface area (Å²) in [6, 6.07) is 0. The second-order valence-electron chi connectivity index (χ2n) is 9.91. The molecule has 2 aliphatic rings. The van der Waals surface area contributed by atoms with Crippen LogP contribution in [0.15, 0.2) is 0 Å². The molecule has 1 atom stereocenters. The Morgan fingerprint density at radius 1 is 1.00 bits per heavy atom. The second-order valence-corrected chi connectivity index (χ2v) is 12.5. The number of aryl methyl sites for hydroxylation is 3. The van der Waals surface area contributed by atoms with Crippen molar-refractivity contribution in [3.63, 3.8) is 0 Å². The lowest BCUT2D eigenvalue weighted by molar-refractivity contribution is 0.0427. The molecule has 0 aliphatic heterocycles. The van der Waals surface area contributed by atoms with E-state index in [1.54, 1.807) is 22.7 Å². The summed E-state index contributed by atoms with van der Waals surface area (Å²) >= 11 is 3.49. The van der Waals surface area contributed by atoms with E-state index in [-0.39, 0.29) is 5.97 Å². The van der Waals surface area contributed by atoms with E-state index in [1.807, 2.05) is 34.6 Å². The van der Waals surface area contributed by atoms with Gasteiger partial charge in [0.15, 0.2) is 0 Å². The average Bonchev–Trinajstić information content (AvgIpc) is 3.20. The number of hydrogen-bond donors (Lipinski definition) is 1. The zero-order valence-electron chi connectivity index (χ0n) is 19.7. The van der Waals surface area contributed by atoms with Gasteiger partial charge in [-0.15, -0.1) is 22.7 Å². The van der Waals surface area contributed by atoms with Crippen LogP contribution in [0.2, 0.25) is 0 Å². The minimum Gasteiger partial charge on any atom is -0.462 e. The summed E-state index contributed by atoms with van der Waals surface area (Å²) < 4.78 is 11.3. The van der Waals surface area contributed by atoms with Crippen molar-refractivity contribution in [1.29, 1.82) is 0 Å². The number of anilines is 1. The fourth-order valence-electron chi connectivity index (χ4n) is 4.74. The molecule has 7 heteroatoms. The topological polar surface area (TPSA) is 64.6 Å². The van der Waals surface area contributed by atoms with Crippen LogP contribution in [0, 0.1) is 19.8 Å². The van der Waals surface area contributed by atoms with Gasteiger partial charge >= 0.3 is 12.1 Å². The van der Waals surface area contributed by atoms with Gasteiger partial charge in [-0.3, -0.25) is 5.32 Å². The third-order valence-corrected chi connectivity index (χ3v) is 8.55. The molecule has 4 rings (SSSR count). The largest absolute Gasteiger partial charge is 0.462 e. The molecule has 0 saturated carbocycles. The molecular formula is C25H33NO4S2. The van der Waals surface area contributed by atoms with Crippen molar-refractivity contribution >= 4 is 40.4 Å². The first-order valence-corrected chi connectivity index (χ1v) is 13.1. The fourth-order valence-corrected chi connectivity index (χ4v) is 7.28. The Hall–Kier alpha value is -1.86. The van der Waals surface area contributed by atoms with Gasteiger partial charge in [0.05, 0.1) is 17.9 Å². The first-order chi connectivity index (χ1) is 15.1. The number of ether oxygens (including phenoxy) is 2. The maximum Gasteiger partial charge on any atom is 0.412 e. The predicted molar refractivity (Wildman–Crippen MR) is 130 cm³/mol. The summed E-state index contributed by atoms with van der Waals surface area (Å²) in [7, 11) is 0. The summed E-state index contributed by atoms with van der Waals surface area (Å²) in [5.74, 6) is 0.163. The van der Waals surface area contributed by atoms with Gasteiger partial charge < -0.3 is 9.47 Å². The van der Waals surface area contributed by atoms with E-state index < -0.39 is 11.7 Å². The molecule has 0 saturated heterocycles. The van der Waals surface area contributed by atoms with Gasteiger partial charge in [0, 0.05) is 19.5 Å². The molecule has 0 bridgehead atoms. The first-order valence-electron chi connectivity index (χ1n) is 11.5. The molecule has 0 fully saturated rings. The zero-order chi connectivity index (χ0) is 23.0. The highest BCUT2D eigenvalue weighted by molar-refractivity contribution is 7.13. The Bertz CT molecular complexity index is 1030. The SMILES string of the molecule is Cc1sc2c(c1NC(=O)OC(C)(C)C)CCC(COC(=O)c1c(C)sc3c1CCCC3)C2. The summed E-state index contributed by atoms with van der Waals surface area (Å²) in [5.41, 5.74) is 3.65. The van der Waals surface area contributed by atoms with Gasteiger partial charge in [0.2, 0.25) is 0 Å². The van der Waals surface area contributed by atoms with Crippen molar-refractivity contribution in [1.82, 2.24) is 0 Å². The highest BCUT2D eigenvalue weighted by atomic mass is 32.1. The van der Waals surface area contributed by atoms with E-state index in [0.717, 1.165) is 59.5 Å². The van der Waals surface area contributed by atoms with E-state index in [0.29, 0.717) is 12.5 Å². The number of esters is 1. The van der Waals surface area contributed by atoms with Crippen LogP contribution in [-0.4, -0.2) is 24.3 Å². The molecule has 2 aromatic rings. The monoisotopic (exact) mass is 475 g/mol. The molecule has 5 nitrogen and oxygen atoms in total. The summed E-state index contributed by atoms with van der Waals surface area (Å²) in [6.45, 7) is 10.1. The Kier molecular flexibility index (Phi) is 6.68. The van der Waals surface area contributed by atoms with Crippen LogP contribution in [0.1, 0.15) is 81.0 Å². The lowest BCUT2D eigenvalue weighted by Crippen LogP contribution is -2.28. The number of carbonyl (C=O) groups excluding carboxylic acids is 2. The summed E-state index contributed by atoms with van der Waals surface area (Å²) in [4.78, 5) is 30.0. The van der Waals surface area contributed by atoms with Crippen molar-refractivity contribution in [3.8, 4) is 0 Å². The van der Waals surface area contributed by atoms with Crippen LogP contribution >= 0.6 is 22.7 Å². The highest BCUT2D eigenvalue weighted by Gasteiger charge is 2.29. The van der Waals surface area contributed by atoms with Crippen LogP contribution in [-0.2, 0) is 35.2 Å². The third kappa shape index (κ3) is 5.04. The van der Waals surface area contributed by atoms with Gasteiger partial charge in [-0.05, 0) is 96.6 Å². The maximum absolute atomic E-state index is 12.9. The lowest BCUT2D eigenvalue weighted by Gasteiger charge is -2.24. The molecule has 0 aromatic carbocycles. The van der Waals surface area contributed by atoms with Crippen molar-refractivity contribution in [2.24, 2.45) is 5.92 Å². The predicted octanol–water partition coefficient (Wildman–Crippen LogP) is 6.61. The third-order valence-electron chi connectivity index (χ3n) is 6.17. The standard InChI is InChI=1S/C25H33NO4S2/c1-14-21(17-8-6-7-9-19(17)31-14)23(27)29-13-16-10-11-18-20(12-16)32-15(2)22(18)26-24(28)30-25(3,4)5/h16H,6-13H2,1-5H3,(H,26,28). The summed E-state index contributed by atoms with van der Waals surface area (Å²) in [6.07, 6.45) is 6.76. The van der Waals surface area contributed by atoms with E-state index >= 15 is 0 Å². The van der Waals surface area contributed by atoms with Gasteiger partial charge in [-0.2, -0.15) is 0 Å². The molecule has 32 heavy (non-hydrogen) atoms.